The molecule has 2 rings (SSSR count). The molecule has 0 aromatic carbocycles. The van der Waals surface area contributed by atoms with Crippen LogP contribution in [0.25, 0.3) is 11.5 Å². The number of nitrogens with zero attached hydrogens (tertiary/aromatic N) is 2. The van der Waals surface area contributed by atoms with Crippen LogP contribution in [0.1, 0.15) is 15.6 Å². The molecule has 0 atom stereocenters. The number of thiophene rings is 1. The van der Waals surface area contributed by atoms with Gasteiger partial charge in [-0.2, -0.15) is 0 Å². The SMILES string of the molecule is Cc1nnc(-c2csc(C=O)c2)o1. The quantitative estimate of drug-likeness (QED) is 0.685. The summed E-state index contributed by atoms with van der Waals surface area (Å²) in [6, 6.07) is 1.73. The molecule has 5 heteroatoms. The molecule has 13 heavy (non-hydrogen) atoms. The number of carbonyl (C=O) groups excluding carboxylic acids is 1. The van der Waals surface area contributed by atoms with Crippen molar-refractivity contribution in [3.05, 3.63) is 22.2 Å². The van der Waals surface area contributed by atoms with Gasteiger partial charge >= 0.3 is 0 Å². The van der Waals surface area contributed by atoms with Crippen molar-refractivity contribution in [2.75, 3.05) is 0 Å². The zero-order chi connectivity index (χ0) is 9.26. The van der Waals surface area contributed by atoms with Crippen LogP contribution in [0, 0.1) is 6.92 Å². The summed E-state index contributed by atoms with van der Waals surface area (Å²) in [6.45, 7) is 1.73. The number of aldehydes is 1. The van der Waals surface area contributed by atoms with Crippen LogP contribution >= 0.6 is 11.3 Å². The summed E-state index contributed by atoms with van der Waals surface area (Å²) in [5, 5.41) is 9.35. The van der Waals surface area contributed by atoms with Crippen molar-refractivity contribution in [1.82, 2.24) is 10.2 Å². The zero-order valence-electron chi connectivity index (χ0n) is 6.85. The van der Waals surface area contributed by atoms with E-state index in [1.807, 2.05) is 5.38 Å². The molecule has 0 unspecified atom stereocenters. The second-order valence-electron chi connectivity index (χ2n) is 2.48. The molecule has 0 amide bonds. The largest absolute Gasteiger partial charge is 0.421 e. The number of aryl methyl sites for hydroxylation is 1. The maximum atomic E-state index is 10.4. The molecule has 0 fully saturated rings. The first kappa shape index (κ1) is 8.12. The van der Waals surface area contributed by atoms with Crippen molar-refractivity contribution in [3.8, 4) is 11.5 Å². The summed E-state index contributed by atoms with van der Waals surface area (Å²) in [7, 11) is 0. The van der Waals surface area contributed by atoms with Crippen LogP contribution in [0.2, 0.25) is 0 Å². The number of hydrogen-bond acceptors (Lipinski definition) is 5. The lowest BCUT2D eigenvalue weighted by Gasteiger charge is -1.83. The van der Waals surface area contributed by atoms with Gasteiger partial charge in [0.2, 0.25) is 11.8 Å². The van der Waals surface area contributed by atoms with E-state index in [4.69, 9.17) is 4.42 Å². The Kier molecular flexibility index (Phi) is 1.94. The first-order chi connectivity index (χ1) is 6.29. The lowest BCUT2D eigenvalue weighted by atomic mass is 10.3. The van der Waals surface area contributed by atoms with Crippen LogP contribution < -0.4 is 0 Å². The van der Waals surface area contributed by atoms with Crippen LogP contribution in [0.3, 0.4) is 0 Å². The van der Waals surface area contributed by atoms with Crippen molar-refractivity contribution >= 4 is 17.6 Å². The molecular formula is C8H6N2O2S. The summed E-state index contributed by atoms with van der Waals surface area (Å²) < 4.78 is 5.20. The number of rotatable bonds is 2. The van der Waals surface area contributed by atoms with Crippen LogP contribution in [-0.4, -0.2) is 16.5 Å². The Bertz CT molecular complexity index is 433. The fourth-order valence-corrected chi connectivity index (χ4v) is 1.62. The predicted octanol–water partition coefficient (Wildman–Crippen LogP) is 1.92. The van der Waals surface area contributed by atoms with Gasteiger partial charge in [0.15, 0.2) is 6.29 Å². The van der Waals surface area contributed by atoms with Gasteiger partial charge in [-0.1, -0.05) is 0 Å². The maximum Gasteiger partial charge on any atom is 0.248 e. The van der Waals surface area contributed by atoms with Gasteiger partial charge in [0.1, 0.15) is 0 Å². The minimum absolute atomic E-state index is 0.460. The Hall–Kier alpha value is -1.49. The Morgan fingerprint density at radius 1 is 1.54 bits per heavy atom. The van der Waals surface area contributed by atoms with E-state index in [2.05, 4.69) is 10.2 Å². The van der Waals surface area contributed by atoms with E-state index in [-0.39, 0.29) is 0 Å². The molecule has 0 saturated heterocycles. The molecule has 0 bridgehead atoms. The number of aromatic nitrogens is 2. The molecule has 2 aromatic rings. The first-order valence-corrected chi connectivity index (χ1v) is 4.52. The highest BCUT2D eigenvalue weighted by molar-refractivity contribution is 7.12. The Balaban J connectivity index is 2.40. The molecule has 2 heterocycles. The minimum Gasteiger partial charge on any atom is -0.421 e. The Morgan fingerprint density at radius 3 is 2.92 bits per heavy atom. The standard InChI is InChI=1S/C8H6N2O2S/c1-5-9-10-8(12-5)6-2-7(3-11)13-4-6/h2-4H,1H3. The van der Waals surface area contributed by atoms with E-state index >= 15 is 0 Å². The van der Waals surface area contributed by atoms with Gasteiger partial charge in [-0.3, -0.25) is 4.79 Å². The van der Waals surface area contributed by atoms with Gasteiger partial charge in [0.25, 0.3) is 0 Å². The van der Waals surface area contributed by atoms with Crippen LogP contribution in [-0.2, 0) is 0 Å². The summed E-state index contributed by atoms with van der Waals surface area (Å²) in [4.78, 5) is 11.1. The van der Waals surface area contributed by atoms with Gasteiger partial charge in [0, 0.05) is 12.3 Å². The molecular weight excluding hydrogens is 188 g/mol. The molecule has 0 N–H and O–H groups in total. The normalized spacial score (nSPS) is 10.2. The van der Waals surface area contributed by atoms with Gasteiger partial charge in [-0.15, -0.1) is 21.5 Å². The smallest absolute Gasteiger partial charge is 0.248 e. The summed E-state index contributed by atoms with van der Waals surface area (Å²) in [5.41, 5.74) is 0.799. The highest BCUT2D eigenvalue weighted by Gasteiger charge is 2.07. The summed E-state index contributed by atoms with van der Waals surface area (Å²) in [5.74, 6) is 0.982. The van der Waals surface area contributed by atoms with E-state index in [1.165, 1.54) is 11.3 Å². The second kappa shape index (κ2) is 3.10. The highest BCUT2D eigenvalue weighted by atomic mass is 32.1. The van der Waals surface area contributed by atoms with Gasteiger partial charge in [0.05, 0.1) is 10.4 Å². The van der Waals surface area contributed by atoms with E-state index < -0.39 is 0 Å². The Labute approximate surface area is 78.2 Å². The maximum absolute atomic E-state index is 10.4. The lowest BCUT2D eigenvalue weighted by Crippen LogP contribution is -1.73. The third kappa shape index (κ3) is 1.50. The van der Waals surface area contributed by atoms with Crippen molar-refractivity contribution in [2.24, 2.45) is 0 Å². The zero-order valence-corrected chi connectivity index (χ0v) is 7.67. The van der Waals surface area contributed by atoms with Gasteiger partial charge < -0.3 is 4.42 Å². The van der Waals surface area contributed by atoms with E-state index in [9.17, 15) is 4.79 Å². The fraction of sp³-hybridized carbons (Fsp3) is 0.125. The van der Waals surface area contributed by atoms with Crippen molar-refractivity contribution < 1.29 is 9.21 Å². The van der Waals surface area contributed by atoms with E-state index in [0.717, 1.165) is 11.8 Å². The monoisotopic (exact) mass is 194 g/mol. The van der Waals surface area contributed by atoms with Gasteiger partial charge in [-0.05, 0) is 6.07 Å². The average Bonchev–Trinajstić information content (AvgIpc) is 2.71. The number of carbonyl (C=O) groups is 1. The average molecular weight is 194 g/mol. The van der Waals surface area contributed by atoms with Crippen LogP contribution in [0.15, 0.2) is 15.9 Å². The van der Waals surface area contributed by atoms with Crippen LogP contribution in [0.5, 0.6) is 0 Å². The third-order valence-electron chi connectivity index (χ3n) is 1.51. The molecule has 66 valence electrons. The molecule has 0 spiro atoms. The van der Waals surface area contributed by atoms with Crippen LogP contribution in [0.4, 0.5) is 0 Å². The summed E-state index contributed by atoms with van der Waals surface area (Å²) in [6.07, 6.45) is 0.803. The third-order valence-corrected chi connectivity index (χ3v) is 2.37. The van der Waals surface area contributed by atoms with E-state index in [0.29, 0.717) is 16.7 Å². The molecule has 0 saturated carbocycles. The molecule has 0 aliphatic heterocycles. The minimum atomic E-state index is 0.460. The molecule has 0 aliphatic carbocycles. The van der Waals surface area contributed by atoms with E-state index in [1.54, 1.807) is 13.0 Å². The highest BCUT2D eigenvalue weighted by Crippen LogP contribution is 2.23. The topological polar surface area (TPSA) is 56.0 Å². The lowest BCUT2D eigenvalue weighted by molar-refractivity contribution is 0.112. The van der Waals surface area contributed by atoms with Crippen molar-refractivity contribution in [3.63, 3.8) is 0 Å². The Morgan fingerprint density at radius 2 is 2.38 bits per heavy atom. The summed E-state index contributed by atoms with van der Waals surface area (Å²) >= 11 is 1.36. The predicted molar refractivity (Wildman–Crippen MR) is 47.7 cm³/mol. The first-order valence-electron chi connectivity index (χ1n) is 3.64. The molecule has 4 nitrogen and oxygen atoms in total. The van der Waals surface area contributed by atoms with Crippen molar-refractivity contribution in [2.45, 2.75) is 6.92 Å². The van der Waals surface area contributed by atoms with Gasteiger partial charge in [-0.25, -0.2) is 0 Å². The molecule has 0 aliphatic rings. The molecule has 2 aromatic heterocycles. The molecule has 0 radical (unpaired) electrons. The fourth-order valence-electron chi connectivity index (χ4n) is 0.940. The van der Waals surface area contributed by atoms with Crippen molar-refractivity contribution in [1.29, 1.82) is 0 Å². The number of hydrogen-bond donors (Lipinski definition) is 0. The second-order valence-corrected chi connectivity index (χ2v) is 3.42.